The average molecular weight is 573 g/mol. The molecule has 3 aromatic rings. The molecule has 1 amide bonds. The number of carbonyl (C=O) groups is 1. The highest BCUT2D eigenvalue weighted by atomic mass is 32.2. The van der Waals surface area contributed by atoms with E-state index >= 15 is 0 Å². The number of aromatic nitrogens is 1. The summed E-state index contributed by atoms with van der Waals surface area (Å²) in [5, 5.41) is 0.665. The standard InChI is InChI=1S/C30H44N4O3S2/c1-7-11-17-33(18-12-8-2)39(36,37)26-15-13-25(14-16-26)29(35)34(20-19-32(9-3)10-4)30-31-28-24(6)21-23(5)22-27(28)38-30/h13-16,21-22H,7-12,17-20H2,1-6H3. The molecular formula is C30H44N4O3S2. The fourth-order valence-electron chi connectivity index (χ4n) is 4.64. The second kappa shape index (κ2) is 14.3. The highest BCUT2D eigenvalue weighted by Crippen LogP contribution is 2.32. The number of rotatable bonds is 15. The maximum Gasteiger partial charge on any atom is 0.260 e. The maximum atomic E-state index is 13.9. The number of nitrogens with zero attached hydrogens (tertiary/aromatic N) is 4. The van der Waals surface area contributed by atoms with Gasteiger partial charge in [-0.2, -0.15) is 4.31 Å². The molecule has 0 aliphatic heterocycles. The number of likely N-dealkylation sites (N-methyl/N-ethyl adjacent to an activating group) is 1. The normalized spacial score (nSPS) is 12.1. The minimum absolute atomic E-state index is 0.173. The molecule has 0 bridgehead atoms. The minimum Gasteiger partial charge on any atom is -0.302 e. The highest BCUT2D eigenvalue weighted by Gasteiger charge is 2.26. The summed E-state index contributed by atoms with van der Waals surface area (Å²) in [5.41, 5.74) is 3.63. The van der Waals surface area contributed by atoms with Crippen LogP contribution in [-0.4, -0.2) is 67.8 Å². The van der Waals surface area contributed by atoms with Crippen LogP contribution in [0.5, 0.6) is 0 Å². The Morgan fingerprint density at radius 2 is 1.49 bits per heavy atom. The summed E-state index contributed by atoms with van der Waals surface area (Å²) in [6, 6.07) is 10.6. The molecule has 7 nitrogen and oxygen atoms in total. The van der Waals surface area contributed by atoms with Crippen LogP contribution in [0.1, 0.15) is 74.9 Å². The molecule has 0 N–H and O–H groups in total. The van der Waals surface area contributed by atoms with Gasteiger partial charge in [-0.15, -0.1) is 0 Å². The molecule has 0 atom stereocenters. The summed E-state index contributed by atoms with van der Waals surface area (Å²) in [6.07, 6.45) is 3.50. The van der Waals surface area contributed by atoms with Crippen molar-refractivity contribution in [3.05, 3.63) is 53.1 Å². The quantitative estimate of drug-likeness (QED) is 0.208. The van der Waals surface area contributed by atoms with Crippen LogP contribution in [0.2, 0.25) is 0 Å². The van der Waals surface area contributed by atoms with Gasteiger partial charge in [0.2, 0.25) is 10.0 Å². The molecule has 0 fully saturated rings. The summed E-state index contributed by atoms with van der Waals surface area (Å²) in [7, 11) is -3.62. The van der Waals surface area contributed by atoms with Crippen LogP contribution in [0, 0.1) is 13.8 Å². The lowest BCUT2D eigenvalue weighted by atomic mass is 10.1. The Morgan fingerprint density at radius 3 is 2.05 bits per heavy atom. The van der Waals surface area contributed by atoms with E-state index in [2.05, 4.69) is 51.7 Å². The van der Waals surface area contributed by atoms with Crippen molar-refractivity contribution < 1.29 is 13.2 Å². The topological polar surface area (TPSA) is 73.8 Å². The Bertz CT molecular complexity index is 1320. The molecule has 0 saturated heterocycles. The number of benzene rings is 2. The van der Waals surface area contributed by atoms with Crippen molar-refractivity contribution in [1.82, 2.24) is 14.2 Å². The van der Waals surface area contributed by atoms with E-state index in [4.69, 9.17) is 4.98 Å². The average Bonchev–Trinajstić information content (AvgIpc) is 3.35. The molecule has 3 rings (SSSR count). The first-order chi connectivity index (χ1) is 18.7. The van der Waals surface area contributed by atoms with E-state index in [-0.39, 0.29) is 10.8 Å². The number of hydrogen-bond acceptors (Lipinski definition) is 6. The smallest absolute Gasteiger partial charge is 0.260 e. The van der Waals surface area contributed by atoms with Gasteiger partial charge in [-0.3, -0.25) is 9.69 Å². The summed E-state index contributed by atoms with van der Waals surface area (Å²) >= 11 is 1.52. The zero-order valence-electron chi connectivity index (χ0n) is 24.4. The number of carbonyl (C=O) groups excluding carboxylic acids is 1. The number of hydrogen-bond donors (Lipinski definition) is 0. The van der Waals surface area contributed by atoms with E-state index in [1.807, 2.05) is 6.92 Å². The summed E-state index contributed by atoms with van der Waals surface area (Å²) < 4.78 is 29.4. The molecule has 0 spiro atoms. The number of unbranched alkanes of at least 4 members (excludes halogenated alkanes) is 2. The second-order valence-corrected chi connectivity index (χ2v) is 13.0. The van der Waals surface area contributed by atoms with Crippen LogP contribution >= 0.6 is 11.3 Å². The van der Waals surface area contributed by atoms with Crippen LogP contribution in [0.15, 0.2) is 41.3 Å². The van der Waals surface area contributed by atoms with E-state index in [1.54, 1.807) is 33.5 Å². The van der Waals surface area contributed by atoms with Crippen molar-refractivity contribution in [3.63, 3.8) is 0 Å². The fraction of sp³-hybridized carbons (Fsp3) is 0.533. The van der Waals surface area contributed by atoms with E-state index in [1.165, 1.54) is 16.9 Å². The molecule has 0 saturated carbocycles. The Balaban J connectivity index is 1.93. The predicted molar refractivity (Wildman–Crippen MR) is 164 cm³/mol. The summed E-state index contributed by atoms with van der Waals surface area (Å²) in [6.45, 7) is 16.5. The van der Waals surface area contributed by atoms with Crippen molar-refractivity contribution in [2.45, 2.75) is 72.1 Å². The first kappa shape index (κ1) is 31.2. The van der Waals surface area contributed by atoms with E-state index in [0.717, 1.165) is 61.1 Å². The SMILES string of the molecule is CCCCN(CCCC)S(=O)(=O)c1ccc(C(=O)N(CCN(CC)CC)c2nc3c(C)cc(C)cc3s2)cc1. The van der Waals surface area contributed by atoms with Gasteiger partial charge in [0.15, 0.2) is 5.13 Å². The van der Waals surface area contributed by atoms with Gasteiger partial charge < -0.3 is 4.90 Å². The van der Waals surface area contributed by atoms with Gasteiger partial charge in [0, 0.05) is 31.7 Å². The van der Waals surface area contributed by atoms with E-state index < -0.39 is 10.0 Å². The Labute approximate surface area is 238 Å². The van der Waals surface area contributed by atoms with Crippen molar-refractivity contribution in [2.24, 2.45) is 0 Å². The molecule has 1 heterocycles. The molecule has 0 radical (unpaired) electrons. The minimum atomic E-state index is -3.62. The van der Waals surface area contributed by atoms with Crippen LogP contribution < -0.4 is 4.90 Å². The third-order valence-electron chi connectivity index (χ3n) is 7.09. The first-order valence-electron chi connectivity index (χ1n) is 14.2. The second-order valence-electron chi connectivity index (χ2n) is 10.0. The van der Waals surface area contributed by atoms with E-state index in [0.29, 0.717) is 30.3 Å². The number of aryl methyl sites for hydroxylation is 2. The lowest BCUT2D eigenvalue weighted by molar-refractivity contribution is 0.0983. The highest BCUT2D eigenvalue weighted by molar-refractivity contribution is 7.89. The molecule has 2 aromatic carbocycles. The third-order valence-corrected chi connectivity index (χ3v) is 10.0. The van der Waals surface area contributed by atoms with Crippen LogP contribution in [0.25, 0.3) is 10.2 Å². The van der Waals surface area contributed by atoms with Gasteiger partial charge in [-0.25, -0.2) is 13.4 Å². The van der Waals surface area contributed by atoms with Crippen molar-refractivity contribution in [1.29, 1.82) is 0 Å². The van der Waals surface area contributed by atoms with Crippen molar-refractivity contribution in [2.75, 3.05) is 44.2 Å². The molecule has 39 heavy (non-hydrogen) atoms. The molecular weight excluding hydrogens is 528 g/mol. The zero-order chi connectivity index (χ0) is 28.6. The molecule has 0 aliphatic rings. The monoisotopic (exact) mass is 572 g/mol. The number of sulfonamides is 1. The molecule has 1 aromatic heterocycles. The molecule has 214 valence electrons. The van der Waals surface area contributed by atoms with Crippen LogP contribution in [0.4, 0.5) is 5.13 Å². The van der Waals surface area contributed by atoms with Gasteiger partial charge in [-0.1, -0.05) is 57.9 Å². The van der Waals surface area contributed by atoms with Crippen LogP contribution in [0.3, 0.4) is 0 Å². The van der Waals surface area contributed by atoms with E-state index in [9.17, 15) is 13.2 Å². The predicted octanol–water partition coefficient (Wildman–Crippen LogP) is 6.49. The lowest BCUT2D eigenvalue weighted by Gasteiger charge is -2.25. The van der Waals surface area contributed by atoms with Crippen molar-refractivity contribution >= 4 is 42.6 Å². The number of anilines is 1. The number of thiazole rings is 1. The van der Waals surface area contributed by atoms with Gasteiger partial charge in [-0.05, 0) is 81.2 Å². The maximum absolute atomic E-state index is 13.9. The largest absolute Gasteiger partial charge is 0.302 e. The number of fused-ring (bicyclic) bond motifs is 1. The first-order valence-corrected chi connectivity index (χ1v) is 16.4. The molecule has 0 unspecified atom stereocenters. The van der Waals surface area contributed by atoms with Gasteiger partial charge in [0.25, 0.3) is 5.91 Å². The fourth-order valence-corrected chi connectivity index (χ4v) is 7.32. The lowest BCUT2D eigenvalue weighted by Crippen LogP contribution is -2.39. The molecule has 9 heteroatoms. The van der Waals surface area contributed by atoms with Gasteiger partial charge in [0.05, 0.1) is 15.1 Å². The van der Waals surface area contributed by atoms with Crippen LogP contribution in [-0.2, 0) is 10.0 Å². The zero-order valence-corrected chi connectivity index (χ0v) is 26.0. The van der Waals surface area contributed by atoms with Gasteiger partial charge >= 0.3 is 0 Å². The Kier molecular flexibility index (Phi) is 11.5. The Morgan fingerprint density at radius 1 is 0.872 bits per heavy atom. The van der Waals surface area contributed by atoms with Gasteiger partial charge in [0.1, 0.15) is 0 Å². The summed E-state index contributed by atoms with van der Waals surface area (Å²) in [4.78, 5) is 23.0. The third kappa shape index (κ3) is 7.66. The summed E-state index contributed by atoms with van der Waals surface area (Å²) in [5.74, 6) is -0.173. The van der Waals surface area contributed by atoms with Crippen molar-refractivity contribution in [3.8, 4) is 0 Å². The number of amides is 1. The Hall–Kier alpha value is -2.33. The molecule has 0 aliphatic carbocycles.